The minimum atomic E-state index is 0.0599. The molecule has 88 valence electrons. The van der Waals surface area contributed by atoms with Crippen molar-refractivity contribution >= 4 is 0 Å². The molecule has 2 rings (SSSR count). The summed E-state index contributed by atoms with van der Waals surface area (Å²) >= 11 is 0. The van der Waals surface area contributed by atoms with Gasteiger partial charge in [-0.1, -0.05) is 20.8 Å². The van der Waals surface area contributed by atoms with Crippen LogP contribution in [0.3, 0.4) is 0 Å². The third kappa shape index (κ3) is 2.53. The molecule has 1 aromatic rings. The van der Waals surface area contributed by atoms with Crippen LogP contribution in [0.2, 0.25) is 0 Å². The van der Waals surface area contributed by atoms with Gasteiger partial charge in [-0.25, -0.2) is 0 Å². The predicted molar refractivity (Wildman–Crippen MR) is 64.5 cm³/mol. The molecule has 1 aromatic heterocycles. The third-order valence-electron chi connectivity index (χ3n) is 2.76. The summed E-state index contributed by atoms with van der Waals surface area (Å²) in [5.74, 6) is 0.963. The Morgan fingerprint density at radius 3 is 2.62 bits per heavy atom. The molecule has 0 atom stereocenters. The van der Waals surface area contributed by atoms with Gasteiger partial charge in [0.05, 0.1) is 11.8 Å². The van der Waals surface area contributed by atoms with E-state index in [1.165, 1.54) is 12.8 Å². The van der Waals surface area contributed by atoms with Crippen LogP contribution in [0.1, 0.15) is 44.9 Å². The third-order valence-corrected chi connectivity index (χ3v) is 2.76. The van der Waals surface area contributed by atoms with Gasteiger partial charge in [-0.05, 0) is 18.3 Å². The number of pyridine rings is 1. The number of hydrogen-bond acceptors (Lipinski definition) is 3. The van der Waals surface area contributed by atoms with Crippen molar-refractivity contribution in [3.8, 4) is 5.75 Å². The molecule has 0 aliphatic heterocycles. The molecule has 1 aliphatic carbocycles. The minimum Gasteiger partial charge on any atom is -0.490 e. The van der Waals surface area contributed by atoms with Crippen molar-refractivity contribution in [3.05, 3.63) is 23.5 Å². The molecule has 0 radical (unpaired) electrons. The van der Waals surface area contributed by atoms with Crippen molar-refractivity contribution < 1.29 is 4.74 Å². The zero-order valence-corrected chi connectivity index (χ0v) is 10.3. The van der Waals surface area contributed by atoms with E-state index in [1.807, 2.05) is 12.3 Å². The average Bonchev–Trinajstić information content (AvgIpc) is 3.00. The lowest BCUT2D eigenvalue weighted by Crippen LogP contribution is -2.15. The smallest absolute Gasteiger partial charge is 0.126 e. The summed E-state index contributed by atoms with van der Waals surface area (Å²) in [7, 11) is 0. The summed E-state index contributed by atoms with van der Waals surface area (Å²) in [4.78, 5) is 4.35. The maximum Gasteiger partial charge on any atom is 0.126 e. The van der Waals surface area contributed by atoms with Crippen LogP contribution in [0.15, 0.2) is 12.3 Å². The van der Waals surface area contributed by atoms with Gasteiger partial charge in [0.1, 0.15) is 5.75 Å². The van der Waals surface area contributed by atoms with E-state index in [2.05, 4.69) is 25.8 Å². The van der Waals surface area contributed by atoms with Crippen molar-refractivity contribution in [1.82, 2.24) is 4.98 Å². The van der Waals surface area contributed by atoms with Crippen LogP contribution in [0.5, 0.6) is 5.75 Å². The molecular formula is C13H20N2O. The highest BCUT2D eigenvalue weighted by Gasteiger charge is 2.27. The molecule has 3 heteroatoms. The van der Waals surface area contributed by atoms with Crippen LogP contribution < -0.4 is 10.5 Å². The standard InChI is InChI=1S/C13H20N2O/c1-13(2,3)11-8-15-9(7-14)6-12(11)16-10-4-5-10/h6,8,10H,4-5,7,14H2,1-3H3. The highest BCUT2D eigenvalue weighted by Crippen LogP contribution is 2.35. The molecule has 2 N–H and O–H groups in total. The van der Waals surface area contributed by atoms with Crippen molar-refractivity contribution in [2.24, 2.45) is 5.73 Å². The SMILES string of the molecule is CC(C)(C)c1cnc(CN)cc1OC1CC1. The van der Waals surface area contributed by atoms with Gasteiger partial charge < -0.3 is 10.5 Å². The van der Waals surface area contributed by atoms with Crippen molar-refractivity contribution in [2.45, 2.75) is 51.7 Å². The molecule has 0 amide bonds. The summed E-state index contributed by atoms with van der Waals surface area (Å²) in [5, 5.41) is 0. The average molecular weight is 220 g/mol. The molecule has 3 nitrogen and oxygen atoms in total. The molecule has 16 heavy (non-hydrogen) atoms. The number of nitrogens with zero attached hydrogens (tertiary/aromatic N) is 1. The summed E-state index contributed by atoms with van der Waals surface area (Å²) in [5.41, 5.74) is 7.72. The Labute approximate surface area is 97.0 Å². The Kier molecular flexibility index (Phi) is 2.89. The molecule has 0 saturated heterocycles. The predicted octanol–water partition coefficient (Wildman–Crippen LogP) is 2.38. The first kappa shape index (κ1) is 11.4. The summed E-state index contributed by atoms with van der Waals surface area (Å²) in [6.07, 6.45) is 4.65. The fraction of sp³-hybridized carbons (Fsp3) is 0.615. The fourth-order valence-electron chi connectivity index (χ4n) is 1.62. The van der Waals surface area contributed by atoms with Crippen molar-refractivity contribution in [2.75, 3.05) is 0 Å². The highest BCUT2D eigenvalue weighted by atomic mass is 16.5. The maximum absolute atomic E-state index is 5.93. The minimum absolute atomic E-state index is 0.0599. The van der Waals surface area contributed by atoms with Crippen LogP contribution in [-0.4, -0.2) is 11.1 Å². The molecule has 0 unspecified atom stereocenters. The molecular weight excluding hydrogens is 200 g/mol. The Hall–Kier alpha value is -1.09. The summed E-state index contributed by atoms with van der Waals surface area (Å²) < 4.78 is 5.93. The first-order valence-electron chi connectivity index (χ1n) is 5.87. The van der Waals surface area contributed by atoms with Gasteiger partial charge in [0, 0.05) is 24.4 Å². The van der Waals surface area contributed by atoms with Crippen LogP contribution in [0.25, 0.3) is 0 Å². The number of aromatic nitrogens is 1. The molecule has 1 aliphatic rings. The van der Waals surface area contributed by atoms with Crippen molar-refractivity contribution in [3.63, 3.8) is 0 Å². The second kappa shape index (κ2) is 4.06. The lowest BCUT2D eigenvalue weighted by molar-refractivity contribution is 0.294. The van der Waals surface area contributed by atoms with Crippen molar-refractivity contribution in [1.29, 1.82) is 0 Å². The molecule has 0 aromatic carbocycles. The van der Waals surface area contributed by atoms with E-state index in [9.17, 15) is 0 Å². The van der Waals surface area contributed by atoms with Gasteiger partial charge >= 0.3 is 0 Å². The topological polar surface area (TPSA) is 48.1 Å². The van der Waals surface area contributed by atoms with Crippen LogP contribution >= 0.6 is 0 Å². The molecule has 1 heterocycles. The lowest BCUT2D eigenvalue weighted by Gasteiger charge is -2.22. The Balaban J connectivity index is 2.33. The van der Waals surface area contributed by atoms with E-state index in [-0.39, 0.29) is 5.41 Å². The monoisotopic (exact) mass is 220 g/mol. The Morgan fingerprint density at radius 2 is 2.12 bits per heavy atom. The molecule has 0 spiro atoms. The van der Waals surface area contributed by atoms with E-state index >= 15 is 0 Å². The second-order valence-corrected chi connectivity index (χ2v) is 5.44. The van der Waals surface area contributed by atoms with E-state index in [0.29, 0.717) is 12.6 Å². The van der Waals surface area contributed by atoms with Gasteiger partial charge in [0.25, 0.3) is 0 Å². The van der Waals surface area contributed by atoms with Gasteiger partial charge in [-0.3, -0.25) is 4.98 Å². The van der Waals surface area contributed by atoms with Gasteiger partial charge in [0.2, 0.25) is 0 Å². The first-order chi connectivity index (χ1) is 7.50. The maximum atomic E-state index is 5.93. The number of ether oxygens (including phenoxy) is 1. The van der Waals surface area contributed by atoms with Gasteiger partial charge in [-0.15, -0.1) is 0 Å². The van der Waals surface area contributed by atoms with Gasteiger partial charge in [0.15, 0.2) is 0 Å². The molecule has 1 saturated carbocycles. The molecule has 0 bridgehead atoms. The zero-order valence-electron chi connectivity index (χ0n) is 10.3. The normalized spacial score (nSPS) is 16.2. The van der Waals surface area contributed by atoms with E-state index in [4.69, 9.17) is 10.5 Å². The summed E-state index contributed by atoms with van der Waals surface area (Å²) in [6, 6.07) is 1.99. The van der Waals surface area contributed by atoms with E-state index in [1.54, 1.807) is 0 Å². The lowest BCUT2D eigenvalue weighted by atomic mass is 9.87. The van der Waals surface area contributed by atoms with Crippen LogP contribution in [-0.2, 0) is 12.0 Å². The first-order valence-corrected chi connectivity index (χ1v) is 5.87. The van der Waals surface area contributed by atoms with Gasteiger partial charge in [-0.2, -0.15) is 0 Å². The van der Waals surface area contributed by atoms with E-state index < -0.39 is 0 Å². The Morgan fingerprint density at radius 1 is 1.44 bits per heavy atom. The largest absolute Gasteiger partial charge is 0.490 e. The van der Waals surface area contributed by atoms with Crippen LogP contribution in [0.4, 0.5) is 0 Å². The second-order valence-electron chi connectivity index (χ2n) is 5.44. The molecule has 1 fully saturated rings. The number of hydrogen-bond donors (Lipinski definition) is 1. The zero-order chi connectivity index (χ0) is 11.8. The Bertz CT molecular complexity index is 378. The quantitative estimate of drug-likeness (QED) is 0.850. The van der Waals surface area contributed by atoms with E-state index in [0.717, 1.165) is 17.0 Å². The fourth-order valence-corrected chi connectivity index (χ4v) is 1.62. The highest BCUT2D eigenvalue weighted by molar-refractivity contribution is 5.38. The number of nitrogens with two attached hydrogens (primary N) is 1. The summed E-state index contributed by atoms with van der Waals surface area (Å²) in [6.45, 7) is 6.98. The van der Waals surface area contributed by atoms with Crippen LogP contribution in [0, 0.1) is 0 Å². The number of rotatable bonds is 3.